The Bertz CT molecular complexity index is 1170. The number of hydrogen-bond donors (Lipinski definition) is 0. The van der Waals surface area contributed by atoms with Gasteiger partial charge < -0.3 is 19.0 Å². The predicted octanol–water partition coefficient (Wildman–Crippen LogP) is 2.47. The van der Waals surface area contributed by atoms with Crippen LogP contribution in [0.4, 0.5) is 18.9 Å². The second kappa shape index (κ2) is 6.93. The summed E-state index contributed by atoms with van der Waals surface area (Å²) >= 11 is 0. The van der Waals surface area contributed by atoms with Crippen LogP contribution in [-0.4, -0.2) is 28.2 Å². The number of aromatic nitrogens is 1. The van der Waals surface area contributed by atoms with Crippen molar-refractivity contribution >= 4 is 23.0 Å². The van der Waals surface area contributed by atoms with E-state index in [1.165, 1.54) is 12.1 Å². The Labute approximate surface area is 159 Å². The van der Waals surface area contributed by atoms with Gasteiger partial charge in [-0.15, -0.1) is 0 Å². The third-order valence-corrected chi connectivity index (χ3v) is 4.19. The molecule has 0 aliphatic carbocycles. The number of carbonyl (C=O) groups is 2. The number of aromatic carboxylic acids is 1. The number of ketones is 1. The first-order valence-corrected chi connectivity index (χ1v) is 7.86. The molecule has 0 N–H and O–H groups in total. The molecule has 0 saturated carbocycles. The van der Waals surface area contributed by atoms with Crippen LogP contribution in [0.5, 0.6) is 5.75 Å². The van der Waals surface area contributed by atoms with Gasteiger partial charge >= 0.3 is 11.9 Å². The maximum atomic E-state index is 13.7. The molecule has 0 aliphatic rings. The second-order valence-electron chi connectivity index (χ2n) is 5.81. The van der Waals surface area contributed by atoms with Gasteiger partial charge in [-0.25, -0.2) is 0 Å². The van der Waals surface area contributed by atoms with Crippen LogP contribution in [0.15, 0.2) is 42.6 Å². The van der Waals surface area contributed by atoms with Gasteiger partial charge in [0, 0.05) is 23.4 Å². The van der Waals surface area contributed by atoms with Crippen LogP contribution in [0.2, 0.25) is 0 Å². The Balaban J connectivity index is 2.34. The summed E-state index contributed by atoms with van der Waals surface area (Å²) in [6.45, 7) is 0. The van der Waals surface area contributed by atoms with E-state index in [-0.39, 0.29) is 16.8 Å². The Morgan fingerprint density at radius 2 is 1.86 bits per heavy atom. The first-order chi connectivity index (χ1) is 13.6. The molecule has 29 heavy (non-hydrogen) atoms. The SMILES string of the molecule is COc1cc(C(=O)c2c(C(F)(F)F)c(C(=O)[O-])c3ccccn23)ccc1[N+](=O)[O-]. The minimum atomic E-state index is -5.18. The number of fused-ring (bicyclic) bond motifs is 1. The summed E-state index contributed by atoms with van der Waals surface area (Å²) in [5.74, 6) is -3.63. The normalized spacial score (nSPS) is 11.4. The molecule has 0 unspecified atom stereocenters. The van der Waals surface area contributed by atoms with Crippen molar-refractivity contribution in [2.75, 3.05) is 7.11 Å². The summed E-state index contributed by atoms with van der Waals surface area (Å²) in [6, 6.07) is 6.53. The second-order valence-corrected chi connectivity index (χ2v) is 5.81. The zero-order valence-corrected chi connectivity index (χ0v) is 14.5. The van der Waals surface area contributed by atoms with Gasteiger partial charge in [0.05, 0.1) is 29.1 Å². The molecule has 0 bridgehead atoms. The molecule has 2 heterocycles. The van der Waals surface area contributed by atoms with E-state index < -0.39 is 45.4 Å². The Morgan fingerprint density at radius 3 is 2.41 bits per heavy atom. The van der Waals surface area contributed by atoms with Crippen molar-refractivity contribution < 1.29 is 37.5 Å². The van der Waals surface area contributed by atoms with E-state index in [9.17, 15) is 38.0 Å². The third-order valence-electron chi connectivity index (χ3n) is 4.19. The van der Waals surface area contributed by atoms with Crippen molar-refractivity contribution in [3.05, 3.63) is 75.1 Å². The highest BCUT2D eigenvalue weighted by molar-refractivity contribution is 6.13. The van der Waals surface area contributed by atoms with E-state index in [0.717, 1.165) is 42.0 Å². The topological polar surface area (TPSA) is 114 Å². The Hall–Kier alpha value is -3.89. The zero-order valence-electron chi connectivity index (χ0n) is 14.5. The summed E-state index contributed by atoms with van der Waals surface area (Å²) < 4.78 is 46.8. The van der Waals surface area contributed by atoms with Gasteiger partial charge in [-0.3, -0.25) is 14.9 Å². The molecular formula is C18H10F3N2O6-. The molecule has 3 aromatic rings. The third kappa shape index (κ3) is 3.26. The number of carboxylic acids is 1. The fraction of sp³-hybridized carbons (Fsp3) is 0.111. The van der Waals surface area contributed by atoms with Crippen molar-refractivity contribution in [1.29, 1.82) is 0 Å². The smallest absolute Gasteiger partial charge is 0.419 e. The quantitative estimate of drug-likeness (QED) is 0.365. The first kappa shape index (κ1) is 19.9. The average molecular weight is 407 g/mol. The number of pyridine rings is 1. The average Bonchev–Trinajstić information content (AvgIpc) is 3.02. The fourth-order valence-electron chi connectivity index (χ4n) is 3.02. The lowest BCUT2D eigenvalue weighted by molar-refractivity contribution is -0.385. The molecule has 2 aromatic heterocycles. The minimum Gasteiger partial charge on any atom is -0.545 e. The first-order valence-electron chi connectivity index (χ1n) is 7.86. The van der Waals surface area contributed by atoms with Gasteiger partial charge in [0.15, 0.2) is 5.75 Å². The van der Waals surface area contributed by atoms with Gasteiger partial charge in [-0.2, -0.15) is 13.2 Å². The number of rotatable bonds is 5. The lowest BCUT2D eigenvalue weighted by Gasteiger charge is -2.12. The van der Waals surface area contributed by atoms with Crippen LogP contribution in [-0.2, 0) is 6.18 Å². The monoisotopic (exact) mass is 407 g/mol. The van der Waals surface area contributed by atoms with E-state index in [4.69, 9.17) is 4.74 Å². The van der Waals surface area contributed by atoms with Gasteiger partial charge in [-0.1, -0.05) is 6.07 Å². The van der Waals surface area contributed by atoms with Gasteiger partial charge in [0.2, 0.25) is 5.78 Å². The van der Waals surface area contributed by atoms with E-state index in [2.05, 4.69) is 0 Å². The molecule has 1 aromatic carbocycles. The highest BCUT2D eigenvalue weighted by Crippen LogP contribution is 2.39. The number of carboxylic acid groups (broad SMARTS) is 1. The maximum Gasteiger partial charge on any atom is 0.419 e. The van der Waals surface area contributed by atoms with Gasteiger partial charge in [-0.05, 0) is 24.3 Å². The number of ether oxygens (including phenoxy) is 1. The van der Waals surface area contributed by atoms with E-state index >= 15 is 0 Å². The van der Waals surface area contributed by atoms with E-state index in [1.807, 2.05) is 0 Å². The van der Waals surface area contributed by atoms with Crippen LogP contribution in [0.1, 0.15) is 32.0 Å². The number of halogens is 3. The van der Waals surface area contributed by atoms with Crippen LogP contribution in [0, 0.1) is 10.1 Å². The maximum absolute atomic E-state index is 13.7. The lowest BCUT2D eigenvalue weighted by atomic mass is 10.0. The molecule has 0 saturated heterocycles. The number of alkyl halides is 3. The molecule has 0 spiro atoms. The summed E-state index contributed by atoms with van der Waals surface area (Å²) in [5, 5.41) is 22.4. The van der Waals surface area contributed by atoms with Gasteiger partial charge in [0.25, 0.3) is 0 Å². The number of nitrogens with zero attached hydrogens (tertiary/aromatic N) is 2. The zero-order chi connectivity index (χ0) is 21.5. The van der Waals surface area contributed by atoms with Crippen molar-refractivity contribution in [3.8, 4) is 5.75 Å². The van der Waals surface area contributed by atoms with E-state index in [0.29, 0.717) is 0 Å². The standard InChI is InChI=1S/C18H11F3N2O6/c1-29-12-8-9(5-6-10(12)23(27)28)16(24)15-14(18(19,20)21)13(17(25)26)11-4-2-3-7-22(11)15/h2-8H,1H3,(H,25,26)/p-1. The largest absolute Gasteiger partial charge is 0.545 e. The fourth-order valence-corrected chi connectivity index (χ4v) is 3.02. The van der Waals surface area contributed by atoms with Crippen LogP contribution < -0.4 is 9.84 Å². The molecule has 0 aliphatic heterocycles. The number of nitro benzene ring substituents is 1. The Morgan fingerprint density at radius 1 is 1.17 bits per heavy atom. The number of nitro groups is 1. The molecule has 8 nitrogen and oxygen atoms in total. The summed E-state index contributed by atoms with van der Waals surface area (Å²) in [6.07, 6.45) is -4.08. The minimum absolute atomic E-state index is 0.338. The molecule has 11 heteroatoms. The number of benzene rings is 1. The highest BCUT2D eigenvalue weighted by Gasteiger charge is 2.42. The molecule has 150 valence electrons. The molecule has 3 rings (SSSR count). The van der Waals surface area contributed by atoms with Crippen LogP contribution >= 0.6 is 0 Å². The molecule has 0 radical (unpaired) electrons. The molecular weight excluding hydrogens is 397 g/mol. The summed E-state index contributed by atoms with van der Waals surface area (Å²) in [7, 11) is 1.10. The Kier molecular flexibility index (Phi) is 4.74. The van der Waals surface area contributed by atoms with Gasteiger partial charge in [0.1, 0.15) is 5.69 Å². The number of hydrogen-bond acceptors (Lipinski definition) is 6. The van der Waals surface area contributed by atoms with Crippen LogP contribution in [0.3, 0.4) is 0 Å². The van der Waals surface area contributed by atoms with E-state index in [1.54, 1.807) is 0 Å². The van der Waals surface area contributed by atoms with Crippen molar-refractivity contribution in [2.45, 2.75) is 6.18 Å². The van der Waals surface area contributed by atoms with Crippen molar-refractivity contribution in [3.63, 3.8) is 0 Å². The molecule has 0 atom stereocenters. The summed E-state index contributed by atoms with van der Waals surface area (Å²) in [4.78, 5) is 34.6. The van der Waals surface area contributed by atoms with Crippen molar-refractivity contribution in [1.82, 2.24) is 4.40 Å². The molecule has 0 amide bonds. The molecule has 0 fully saturated rings. The highest BCUT2D eigenvalue weighted by atomic mass is 19.4. The van der Waals surface area contributed by atoms with Crippen molar-refractivity contribution in [2.24, 2.45) is 0 Å². The number of methoxy groups -OCH3 is 1. The lowest BCUT2D eigenvalue weighted by Crippen LogP contribution is -2.26. The van der Waals surface area contributed by atoms with Crippen LogP contribution in [0.25, 0.3) is 5.52 Å². The number of carbonyl (C=O) groups excluding carboxylic acids is 2. The predicted molar refractivity (Wildman–Crippen MR) is 89.8 cm³/mol. The summed E-state index contributed by atoms with van der Waals surface area (Å²) in [5.41, 5.74) is -5.01.